The molecule has 1 aromatic heterocycles. The summed E-state index contributed by atoms with van der Waals surface area (Å²) in [5.74, 6) is 0.388. The summed E-state index contributed by atoms with van der Waals surface area (Å²) >= 11 is 0. The maximum Gasteiger partial charge on any atom is 0.497 e. The van der Waals surface area contributed by atoms with Crippen molar-refractivity contribution in [3.63, 3.8) is 0 Å². The SMILES string of the molecule is COc1cnc(C(F)F)c(B2OC(C)(C)C(C)(C)O2)c1. The molecule has 0 amide bonds. The van der Waals surface area contributed by atoms with Gasteiger partial charge in [0.05, 0.1) is 24.5 Å². The molecule has 2 rings (SSSR count). The van der Waals surface area contributed by atoms with Crippen molar-refractivity contribution >= 4 is 12.6 Å². The first-order valence-corrected chi connectivity index (χ1v) is 6.35. The zero-order chi connectivity index (χ0) is 15.1. The first-order chi connectivity index (χ1) is 9.18. The number of rotatable bonds is 3. The van der Waals surface area contributed by atoms with E-state index < -0.39 is 24.7 Å². The predicted octanol–water partition coefficient (Wildman–Crippen LogP) is 2.33. The molecule has 2 heterocycles. The van der Waals surface area contributed by atoms with Crippen LogP contribution in [-0.4, -0.2) is 30.4 Å². The molecule has 0 radical (unpaired) electrons. The average Bonchev–Trinajstić information content (AvgIpc) is 2.57. The van der Waals surface area contributed by atoms with Crippen LogP contribution in [0.3, 0.4) is 0 Å². The fourth-order valence-electron chi connectivity index (χ4n) is 1.92. The molecule has 0 bridgehead atoms. The summed E-state index contributed by atoms with van der Waals surface area (Å²) in [7, 11) is 0.569. The Hall–Kier alpha value is -1.21. The second kappa shape index (κ2) is 4.97. The summed E-state index contributed by atoms with van der Waals surface area (Å²) in [5, 5.41) is 0. The first-order valence-electron chi connectivity index (χ1n) is 6.35. The van der Waals surface area contributed by atoms with E-state index >= 15 is 0 Å². The van der Waals surface area contributed by atoms with Gasteiger partial charge in [0, 0.05) is 5.46 Å². The molecule has 110 valence electrons. The minimum Gasteiger partial charge on any atom is -0.495 e. The zero-order valence-electron chi connectivity index (χ0n) is 12.2. The van der Waals surface area contributed by atoms with Gasteiger partial charge in [-0.15, -0.1) is 0 Å². The standard InChI is InChI=1S/C13H18BF2NO3/c1-12(2)13(3,4)20-14(19-12)9-6-8(18-5)7-17-10(9)11(15)16/h6-7,11H,1-5H3. The Morgan fingerprint density at radius 3 is 2.20 bits per heavy atom. The maximum absolute atomic E-state index is 13.1. The number of pyridine rings is 1. The molecule has 1 saturated heterocycles. The van der Waals surface area contributed by atoms with Crippen molar-refractivity contribution in [2.24, 2.45) is 0 Å². The molecular weight excluding hydrogens is 267 g/mol. The van der Waals surface area contributed by atoms with Gasteiger partial charge in [0.2, 0.25) is 0 Å². The Kier molecular flexibility index (Phi) is 3.77. The molecule has 20 heavy (non-hydrogen) atoms. The van der Waals surface area contributed by atoms with Crippen molar-refractivity contribution in [1.82, 2.24) is 4.98 Å². The topological polar surface area (TPSA) is 40.6 Å². The molecule has 1 aliphatic heterocycles. The number of halogens is 2. The van der Waals surface area contributed by atoms with E-state index in [4.69, 9.17) is 14.0 Å². The van der Waals surface area contributed by atoms with E-state index in [1.807, 2.05) is 27.7 Å². The van der Waals surface area contributed by atoms with Crippen LogP contribution < -0.4 is 10.2 Å². The third kappa shape index (κ3) is 2.52. The molecule has 0 atom stereocenters. The zero-order valence-corrected chi connectivity index (χ0v) is 12.2. The predicted molar refractivity (Wildman–Crippen MR) is 71.5 cm³/mol. The van der Waals surface area contributed by atoms with E-state index in [1.54, 1.807) is 0 Å². The van der Waals surface area contributed by atoms with Crippen LogP contribution in [0.5, 0.6) is 5.75 Å². The molecule has 0 aliphatic carbocycles. The Labute approximate surface area is 117 Å². The maximum atomic E-state index is 13.1. The smallest absolute Gasteiger partial charge is 0.495 e. The van der Waals surface area contributed by atoms with Crippen LogP contribution in [0.2, 0.25) is 0 Å². The highest BCUT2D eigenvalue weighted by molar-refractivity contribution is 6.62. The number of hydrogen-bond acceptors (Lipinski definition) is 4. The van der Waals surface area contributed by atoms with E-state index in [1.165, 1.54) is 19.4 Å². The minimum atomic E-state index is -2.70. The van der Waals surface area contributed by atoms with Gasteiger partial charge < -0.3 is 14.0 Å². The molecule has 0 saturated carbocycles. The van der Waals surface area contributed by atoms with Gasteiger partial charge in [0.15, 0.2) is 0 Å². The molecule has 1 aromatic rings. The molecule has 4 nitrogen and oxygen atoms in total. The summed E-state index contributed by atoms with van der Waals surface area (Å²) in [6.45, 7) is 7.45. The lowest BCUT2D eigenvalue weighted by Crippen LogP contribution is -2.41. The highest BCUT2D eigenvalue weighted by atomic mass is 19.3. The van der Waals surface area contributed by atoms with E-state index in [2.05, 4.69) is 4.98 Å². The third-order valence-corrected chi connectivity index (χ3v) is 3.87. The molecule has 7 heteroatoms. The van der Waals surface area contributed by atoms with Crippen LogP contribution in [0, 0.1) is 0 Å². The highest BCUT2D eigenvalue weighted by Gasteiger charge is 2.52. The second-order valence-electron chi connectivity index (χ2n) is 5.74. The van der Waals surface area contributed by atoms with Crippen molar-refractivity contribution in [1.29, 1.82) is 0 Å². The van der Waals surface area contributed by atoms with Crippen molar-refractivity contribution in [3.05, 3.63) is 18.0 Å². The normalized spacial score (nSPS) is 20.5. The summed E-state index contributed by atoms with van der Waals surface area (Å²) < 4.78 is 42.8. The van der Waals surface area contributed by atoms with Gasteiger partial charge in [-0.1, -0.05) is 0 Å². The Morgan fingerprint density at radius 1 is 1.20 bits per heavy atom. The van der Waals surface area contributed by atoms with E-state index in [0.717, 1.165) is 0 Å². The van der Waals surface area contributed by atoms with Gasteiger partial charge in [-0.05, 0) is 33.8 Å². The van der Waals surface area contributed by atoms with E-state index in [9.17, 15) is 8.78 Å². The van der Waals surface area contributed by atoms with Crippen LogP contribution in [0.4, 0.5) is 8.78 Å². The van der Waals surface area contributed by atoms with Crippen molar-refractivity contribution in [2.75, 3.05) is 7.11 Å². The van der Waals surface area contributed by atoms with Crippen molar-refractivity contribution in [2.45, 2.75) is 45.3 Å². The Bertz CT molecular complexity index is 492. The number of nitrogens with zero attached hydrogens (tertiary/aromatic N) is 1. The lowest BCUT2D eigenvalue weighted by atomic mass is 9.77. The summed E-state index contributed by atoms with van der Waals surface area (Å²) in [5.41, 5.74) is -1.33. The Morgan fingerprint density at radius 2 is 1.75 bits per heavy atom. The van der Waals surface area contributed by atoms with Gasteiger partial charge in [-0.2, -0.15) is 0 Å². The minimum absolute atomic E-state index is 0.206. The molecule has 0 unspecified atom stereocenters. The van der Waals surface area contributed by atoms with Crippen LogP contribution in [0.25, 0.3) is 0 Å². The number of ether oxygens (including phenoxy) is 1. The molecule has 1 aliphatic rings. The fourth-order valence-corrected chi connectivity index (χ4v) is 1.92. The van der Waals surface area contributed by atoms with Crippen LogP contribution in [-0.2, 0) is 9.31 Å². The van der Waals surface area contributed by atoms with Crippen LogP contribution in [0.1, 0.15) is 39.8 Å². The molecule has 1 fully saturated rings. The number of alkyl halides is 2. The lowest BCUT2D eigenvalue weighted by molar-refractivity contribution is 0.00578. The molecule has 0 aromatic carbocycles. The van der Waals surface area contributed by atoms with E-state index in [-0.39, 0.29) is 11.2 Å². The highest BCUT2D eigenvalue weighted by Crippen LogP contribution is 2.37. The largest absolute Gasteiger partial charge is 0.497 e. The average molecular weight is 285 g/mol. The first kappa shape index (κ1) is 15.2. The monoisotopic (exact) mass is 285 g/mol. The van der Waals surface area contributed by atoms with Crippen LogP contribution >= 0.6 is 0 Å². The third-order valence-electron chi connectivity index (χ3n) is 3.87. The summed E-state index contributed by atoms with van der Waals surface area (Å²) in [6.07, 6.45) is -1.44. The number of methoxy groups -OCH3 is 1. The van der Waals surface area contributed by atoms with Gasteiger partial charge >= 0.3 is 7.12 Å². The molecule has 0 N–H and O–H groups in total. The molecule has 0 spiro atoms. The van der Waals surface area contributed by atoms with Crippen LogP contribution in [0.15, 0.2) is 12.3 Å². The van der Waals surface area contributed by atoms with Gasteiger partial charge in [0.1, 0.15) is 11.4 Å². The fraction of sp³-hybridized carbons (Fsp3) is 0.615. The second-order valence-corrected chi connectivity index (χ2v) is 5.74. The quantitative estimate of drug-likeness (QED) is 0.799. The van der Waals surface area contributed by atoms with Gasteiger partial charge in [-0.3, -0.25) is 4.98 Å². The molecular formula is C13H18BF2NO3. The number of hydrogen-bond donors (Lipinski definition) is 0. The van der Waals surface area contributed by atoms with Gasteiger partial charge in [-0.25, -0.2) is 8.78 Å². The summed E-state index contributed by atoms with van der Waals surface area (Å²) in [4.78, 5) is 3.75. The Balaban J connectivity index is 2.42. The van der Waals surface area contributed by atoms with Crippen molar-refractivity contribution < 1.29 is 22.8 Å². The van der Waals surface area contributed by atoms with E-state index in [0.29, 0.717) is 5.75 Å². The number of aromatic nitrogens is 1. The lowest BCUT2D eigenvalue weighted by Gasteiger charge is -2.32. The summed E-state index contributed by atoms with van der Waals surface area (Å²) in [6, 6.07) is 1.48. The van der Waals surface area contributed by atoms with Crippen molar-refractivity contribution in [3.8, 4) is 5.75 Å². The van der Waals surface area contributed by atoms with Gasteiger partial charge in [0.25, 0.3) is 6.43 Å².